The lowest BCUT2D eigenvalue weighted by atomic mass is 10.0. The second-order valence-electron chi connectivity index (χ2n) is 24.2. The molecule has 0 aliphatic carbocycles. The molecule has 6 heteroatoms. The normalized spacial score (nSPS) is 12.5. The molecule has 0 saturated heterocycles. The van der Waals surface area contributed by atoms with Crippen LogP contribution in [0.25, 0.3) is 0 Å². The molecular formula is C70H137NO5. The number of ether oxygens (including phenoxy) is 1. The van der Waals surface area contributed by atoms with Crippen LogP contribution in [0.4, 0.5) is 0 Å². The number of hydrogen-bond donors (Lipinski definition) is 3. The van der Waals surface area contributed by atoms with Crippen molar-refractivity contribution in [3.05, 3.63) is 12.2 Å². The molecule has 0 heterocycles. The molecule has 0 aliphatic heterocycles. The first kappa shape index (κ1) is 74.6. The van der Waals surface area contributed by atoms with Crippen LogP contribution in [0.2, 0.25) is 0 Å². The third-order valence-electron chi connectivity index (χ3n) is 16.6. The fraction of sp³-hybridized carbons (Fsp3) is 0.943. The van der Waals surface area contributed by atoms with E-state index in [4.69, 9.17) is 4.74 Å². The van der Waals surface area contributed by atoms with Crippen LogP contribution in [0.15, 0.2) is 12.2 Å². The van der Waals surface area contributed by atoms with Gasteiger partial charge in [-0.1, -0.05) is 347 Å². The van der Waals surface area contributed by atoms with Crippen molar-refractivity contribution in [3.8, 4) is 0 Å². The van der Waals surface area contributed by atoms with E-state index in [-0.39, 0.29) is 18.5 Å². The van der Waals surface area contributed by atoms with Crippen LogP contribution in [0.5, 0.6) is 0 Å². The number of unbranched alkanes of at least 4 members (excludes halogenated alkanes) is 53. The number of esters is 1. The molecule has 452 valence electrons. The fourth-order valence-electron chi connectivity index (χ4n) is 11.2. The molecule has 6 nitrogen and oxygen atoms in total. The van der Waals surface area contributed by atoms with Crippen molar-refractivity contribution in [3.63, 3.8) is 0 Å². The van der Waals surface area contributed by atoms with Gasteiger partial charge in [0.05, 0.1) is 25.4 Å². The molecule has 0 rings (SSSR count). The van der Waals surface area contributed by atoms with Crippen LogP contribution in [0, 0.1) is 0 Å². The van der Waals surface area contributed by atoms with E-state index in [1.807, 2.05) is 0 Å². The maximum Gasteiger partial charge on any atom is 0.305 e. The van der Waals surface area contributed by atoms with Gasteiger partial charge in [0.25, 0.3) is 0 Å². The minimum Gasteiger partial charge on any atom is -0.466 e. The van der Waals surface area contributed by atoms with Gasteiger partial charge in [0, 0.05) is 12.8 Å². The Morgan fingerprint density at radius 2 is 0.618 bits per heavy atom. The highest BCUT2D eigenvalue weighted by molar-refractivity contribution is 5.76. The van der Waals surface area contributed by atoms with Crippen LogP contribution >= 0.6 is 0 Å². The van der Waals surface area contributed by atoms with Gasteiger partial charge < -0.3 is 20.3 Å². The Kier molecular flexibility index (Phi) is 64.9. The number of aliphatic hydroxyl groups excluding tert-OH is 2. The molecule has 2 atom stereocenters. The smallest absolute Gasteiger partial charge is 0.305 e. The molecule has 2 unspecified atom stereocenters. The van der Waals surface area contributed by atoms with Crippen molar-refractivity contribution in [1.29, 1.82) is 0 Å². The zero-order valence-electron chi connectivity index (χ0n) is 51.8. The number of amides is 1. The lowest BCUT2D eigenvalue weighted by Crippen LogP contribution is -2.45. The Balaban J connectivity index is 3.30. The zero-order chi connectivity index (χ0) is 55.0. The number of allylic oxidation sites excluding steroid dienone is 2. The maximum absolute atomic E-state index is 12.5. The van der Waals surface area contributed by atoms with Gasteiger partial charge in [-0.3, -0.25) is 9.59 Å². The first-order chi connectivity index (χ1) is 37.5. The van der Waals surface area contributed by atoms with Crippen molar-refractivity contribution in [2.24, 2.45) is 0 Å². The predicted molar refractivity (Wildman–Crippen MR) is 333 cm³/mol. The summed E-state index contributed by atoms with van der Waals surface area (Å²) in [4.78, 5) is 24.6. The average molecular weight is 1070 g/mol. The minimum absolute atomic E-state index is 0.0141. The number of rotatable bonds is 66. The second kappa shape index (κ2) is 66.1. The number of carbonyl (C=O) groups excluding carboxylic acids is 2. The van der Waals surface area contributed by atoms with E-state index in [1.54, 1.807) is 0 Å². The van der Waals surface area contributed by atoms with Gasteiger partial charge in [-0.2, -0.15) is 0 Å². The highest BCUT2D eigenvalue weighted by Gasteiger charge is 2.20. The van der Waals surface area contributed by atoms with Gasteiger partial charge in [-0.15, -0.1) is 0 Å². The van der Waals surface area contributed by atoms with Crippen molar-refractivity contribution in [2.75, 3.05) is 13.2 Å². The molecule has 0 spiro atoms. The summed E-state index contributed by atoms with van der Waals surface area (Å²) in [6.07, 6.45) is 81.3. The van der Waals surface area contributed by atoms with Crippen molar-refractivity contribution < 1.29 is 24.5 Å². The van der Waals surface area contributed by atoms with E-state index in [0.29, 0.717) is 25.9 Å². The molecule has 0 fully saturated rings. The summed E-state index contributed by atoms with van der Waals surface area (Å²) in [6, 6.07) is -0.536. The zero-order valence-corrected chi connectivity index (χ0v) is 51.8. The number of nitrogens with one attached hydrogen (secondary N) is 1. The molecule has 0 saturated carbocycles. The standard InChI is InChI=1S/C70H137NO5/c1-3-5-7-9-11-13-15-17-18-37-40-44-48-52-56-60-64-70(75)76-65-61-57-53-49-45-41-38-35-33-31-29-27-25-23-21-19-20-22-24-26-28-30-32-34-36-39-43-47-51-55-59-63-69(74)71-67(66-72)68(73)62-58-54-50-46-42-16-14-12-10-8-6-4-2/h18,37,67-68,72-73H,3-17,19-36,38-66H2,1-2H3,(H,71,74)/b37-18-. The summed E-state index contributed by atoms with van der Waals surface area (Å²) in [6.45, 7) is 4.98. The van der Waals surface area contributed by atoms with Gasteiger partial charge in [0.1, 0.15) is 0 Å². The van der Waals surface area contributed by atoms with Crippen LogP contribution in [0.3, 0.4) is 0 Å². The summed E-state index contributed by atoms with van der Waals surface area (Å²) >= 11 is 0. The Morgan fingerprint density at radius 1 is 0.355 bits per heavy atom. The highest BCUT2D eigenvalue weighted by atomic mass is 16.5. The molecule has 76 heavy (non-hydrogen) atoms. The lowest BCUT2D eigenvalue weighted by Gasteiger charge is -2.22. The minimum atomic E-state index is -0.659. The van der Waals surface area contributed by atoms with E-state index in [9.17, 15) is 19.8 Å². The summed E-state index contributed by atoms with van der Waals surface area (Å²) in [7, 11) is 0. The topological polar surface area (TPSA) is 95.9 Å². The molecule has 0 radical (unpaired) electrons. The maximum atomic E-state index is 12.5. The summed E-state index contributed by atoms with van der Waals surface area (Å²) in [5.74, 6) is -0.0149. The Bertz CT molecular complexity index is 1140. The number of hydrogen-bond acceptors (Lipinski definition) is 5. The number of carbonyl (C=O) groups is 2. The van der Waals surface area contributed by atoms with Gasteiger partial charge in [-0.25, -0.2) is 0 Å². The summed E-state index contributed by atoms with van der Waals surface area (Å²) < 4.78 is 5.50. The van der Waals surface area contributed by atoms with Crippen molar-refractivity contribution >= 4 is 11.9 Å². The molecular weight excluding hydrogens is 935 g/mol. The molecule has 0 aliphatic rings. The van der Waals surface area contributed by atoms with E-state index in [0.717, 1.165) is 44.9 Å². The fourth-order valence-corrected chi connectivity index (χ4v) is 11.2. The van der Waals surface area contributed by atoms with Crippen LogP contribution in [-0.4, -0.2) is 47.4 Å². The summed E-state index contributed by atoms with van der Waals surface area (Å²) in [5, 5.41) is 23.3. The van der Waals surface area contributed by atoms with Crippen LogP contribution in [-0.2, 0) is 14.3 Å². The van der Waals surface area contributed by atoms with Gasteiger partial charge in [0.2, 0.25) is 5.91 Å². The molecule has 1 amide bonds. The Morgan fingerprint density at radius 3 is 0.934 bits per heavy atom. The first-order valence-electron chi connectivity index (χ1n) is 34.9. The van der Waals surface area contributed by atoms with Crippen molar-refractivity contribution in [1.82, 2.24) is 5.32 Å². The Hall–Kier alpha value is -1.40. The SMILES string of the molecule is CCCCCCCCC/C=C\CCCCCCCC(=O)OCCCCCCCCCCCCCCCCCCCCCCCCCCCCCCCCCC(=O)NC(CO)C(O)CCCCCCCCCCCCCC. The highest BCUT2D eigenvalue weighted by Crippen LogP contribution is 2.19. The largest absolute Gasteiger partial charge is 0.466 e. The monoisotopic (exact) mass is 1070 g/mol. The predicted octanol–water partition coefficient (Wildman–Crippen LogP) is 22.4. The van der Waals surface area contributed by atoms with Crippen molar-refractivity contribution in [2.45, 2.75) is 411 Å². The molecule has 0 aromatic carbocycles. The second-order valence-corrected chi connectivity index (χ2v) is 24.2. The molecule has 0 aromatic heterocycles. The van der Waals surface area contributed by atoms with E-state index >= 15 is 0 Å². The van der Waals surface area contributed by atoms with E-state index in [1.165, 1.54) is 321 Å². The lowest BCUT2D eigenvalue weighted by molar-refractivity contribution is -0.143. The first-order valence-corrected chi connectivity index (χ1v) is 34.9. The number of aliphatic hydroxyl groups is 2. The third-order valence-corrected chi connectivity index (χ3v) is 16.6. The summed E-state index contributed by atoms with van der Waals surface area (Å²) in [5.41, 5.74) is 0. The van der Waals surface area contributed by atoms with Crippen LogP contribution < -0.4 is 5.32 Å². The van der Waals surface area contributed by atoms with Gasteiger partial charge >= 0.3 is 5.97 Å². The third kappa shape index (κ3) is 61.8. The molecule has 0 bridgehead atoms. The average Bonchev–Trinajstić information content (AvgIpc) is 3.42. The van der Waals surface area contributed by atoms with Gasteiger partial charge in [0.15, 0.2) is 0 Å². The molecule has 3 N–H and O–H groups in total. The van der Waals surface area contributed by atoms with Crippen LogP contribution in [0.1, 0.15) is 399 Å². The van der Waals surface area contributed by atoms with E-state index < -0.39 is 12.1 Å². The van der Waals surface area contributed by atoms with E-state index in [2.05, 4.69) is 31.3 Å². The van der Waals surface area contributed by atoms with Gasteiger partial charge in [-0.05, 0) is 51.4 Å². The molecule has 0 aromatic rings. The quantitative estimate of drug-likeness (QED) is 0.0320. The Labute approximate surface area is 476 Å².